The van der Waals surface area contributed by atoms with Gasteiger partial charge in [-0.05, 0) is 30.4 Å². The summed E-state index contributed by atoms with van der Waals surface area (Å²) in [5.74, 6) is 0.429. The van der Waals surface area contributed by atoms with Gasteiger partial charge in [0.05, 0.1) is 6.10 Å². The number of benzene rings is 2. The number of nitrogens with zero attached hydrogens (tertiary/aromatic N) is 1. The van der Waals surface area contributed by atoms with Crippen LogP contribution in [0.5, 0.6) is 0 Å². The number of halogens is 1. The summed E-state index contributed by atoms with van der Waals surface area (Å²) in [4.78, 5) is 2.37. The van der Waals surface area contributed by atoms with Gasteiger partial charge in [0.2, 0.25) is 0 Å². The third kappa shape index (κ3) is 4.33. The predicted molar refractivity (Wildman–Crippen MR) is 93.5 cm³/mol. The first-order valence-electron chi connectivity index (χ1n) is 7.71. The van der Waals surface area contributed by atoms with Gasteiger partial charge in [-0.25, -0.2) is 0 Å². The van der Waals surface area contributed by atoms with E-state index in [-0.39, 0.29) is 18.5 Å². The van der Waals surface area contributed by atoms with E-state index in [0.29, 0.717) is 5.92 Å². The van der Waals surface area contributed by atoms with Crippen LogP contribution in [-0.2, 0) is 6.54 Å². The van der Waals surface area contributed by atoms with E-state index in [1.165, 1.54) is 16.7 Å². The Morgan fingerprint density at radius 2 is 1.68 bits per heavy atom. The number of aliphatic hydroxyl groups excluding tert-OH is 1. The van der Waals surface area contributed by atoms with Gasteiger partial charge in [0.15, 0.2) is 0 Å². The number of hydrogen-bond acceptors (Lipinski definition) is 2. The molecule has 118 valence electrons. The Labute approximate surface area is 139 Å². The number of rotatable bonds is 3. The van der Waals surface area contributed by atoms with E-state index in [9.17, 15) is 5.11 Å². The lowest BCUT2D eigenvalue weighted by molar-refractivity contribution is 0.0549. The Morgan fingerprint density at radius 3 is 2.36 bits per heavy atom. The number of hydrogen-bond donors (Lipinski definition) is 1. The number of likely N-dealkylation sites (tertiary alicyclic amines) is 1. The van der Waals surface area contributed by atoms with Crippen molar-refractivity contribution < 1.29 is 5.11 Å². The molecule has 0 aliphatic carbocycles. The number of β-amino-alcohol motifs (C(OH)–C–C–N with tert-alkyl or cyclic N) is 1. The van der Waals surface area contributed by atoms with Gasteiger partial charge < -0.3 is 5.11 Å². The zero-order valence-electron chi connectivity index (χ0n) is 13.0. The fourth-order valence-corrected chi connectivity index (χ4v) is 3.21. The zero-order chi connectivity index (χ0) is 14.7. The van der Waals surface area contributed by atoms with Crippen LogP contribution in [0.15, 0.2) is 54.6 Å². The molecule has 1 saturated heterocycles. The first-order valence-corrected chi connectivity index (χ1v) is 7.71. The monoisotopic (exact) mass is 317 g/mol. The molecule has 0 aromatic heterocycles. The van der Waals surface area contributed by atoms with Crippen molar-refractivity contribution in [2.45, 2.75) is 31.9 Å². The van der Waals surface area contributed by atoms with Crippen LogP contribution in [0.3, 0.4) is 0 Å². The Bertz CT molecular complexity index is 570. The fraction of sp³-hybridized carbons (Fsp3) is 0.368. The van der Waals surface area contributed by atoms with Crippen molar-refractivity contribution in [1.29, 1.82) is 0 Å². The maximum atomic E-state index is 10.2. The minimum absolute atomic E-state index is 0. The summed E-state index contributed by atoms with van der Waals surface area (Å²) < 4.78 is 0. The summed E-state index contributed by atoms with van der Waals surface area (Å²) in [6.45, 7) is 4.83. The second kappa shape index (κ2) is 7.77. The fourth-order valence-electron chi connectivity index (χ4n) is 3.21. The summed E-state index contributed by atoms with van der Waals surface area (Å²) in [6.07, 6.45) is 0.641. The molecular formula is C19H24ClNO. The van der Waals surface area contributed by atoms with Crippen LogP contribution in [0, 0.1) is 6.92 Å². The van der Waals surface area contributed by atoms with E-state index in [1.807, 2.05) is 6.07 Å². The maximum Gasteiger partial charge on any atom is 0.0673 e. The lowest BCUT2D eigenvalue weighted by Gasteiger charge is -2.36. The summed E-state index contributed by atoms with van der Waals surface area (Å²) in [7, 11) is 0. The minimum Gasteiger partial charge on any atom is -0.392 e. The molecule has 2 unspecified atom stereocenters. The molecule has 1 fully saturated rings. The van der Waals surface area contributed by atoms with Crippen LogP contribution in [-0.4, -0.2) is 29.2 Å². The molecule has 22 heavy (non-hydrogen) atoms. The molecule has 1 aliphatic rings. The molecule has 0 bridgehead atoms. The van der Waals surface area contributed by atoms with Gasteiger partial charge in [-0.15, -0.1) is 12.4 Å². The Balaban J connectivity index is 0.00000176. The summed E-state index contributed by atoms with van der Waals surface area (Å²) in [5, 5.41) is 10.2. The van der Waals surface area contributed by atoms with E-state index in [4.69, 9.17) is 0 Å². The molecule has 3 heteroatoms. The van der Waals surface area contributed by atoms with Crippen molar-refractivity contribution >= 4 is 12.4 Å². The normalized spacial score (nSPS) is 22.1. The quantitative estimate of drug-likeness (QED) is 0.931. The molecule has 0 spiro atoms. The van der Waals surface area contributed by atoms with E-state index in [1.54, 1.807) is 0 Å². The molecular weight excluding hydrogens is 294 g/mol. The summed E-state index contributed by atoms with van der Waals surface area (Å²) >= 11 is 0. The molecule has 1 N–H and O–H groups in total. The van der Waals surface area contributed by atoms with E-state index in [2.05, 4.69) is 60.4 Å². The lowest BCUT2D eigenvalue weighted by atomic mass is 9.88. The van der Waals surface area contributed by atoms with E-state index >= 15 is 0 Å². The SMILES string of the molecule is Cc1ccc(C2CC(O)CN(Cc3ccccc3)C2)cc1.Cl. The van der Waals surface area contributed by atoms with Crippen LogP contribution in [0.4, 0.5) is 0 Å². The van der Waals surface area contributed by atoms with Gasteiger partial charge in [0.1, 0.15) is 0 Å². The largest absolute Gasteiger partial charge is 0.392 e. The zero-order valence-corrected chi connectivity index (χ0v) is 13.8. The highest BCUT2D eigenvalue weighted by Crippen LogP contribution is 2.28. The lowest BCUT2D eigenvalue weighted by Crippen LogP contribution is -2.41. The number of aliphatic hydroxyl groups is 1. The topological polar surface area (TPSA) is 23.5 Å². The standard InChI is InChI=1S/C19H23NO.ClH/c1-15-7-9-17(10-8-15)18-11-19(21)14-20(13-18)12-16-5-3-2-4-6-16;/h2-10,18-19,21H,11-14H2,1H3;1H. The molecule has 2 aromatic carbocycles. The van der Waals surface area contributed by atoms with Crippen LogP contribution >= 0.6 is 12.4 Å². The van der Waals surface area contributed by atoms with Crippen LogP contribution in [0.25, 0.3) is 0 Å². The first-order chi connectivity index (χ1) is 10.2. The molecule has 0 radical (unpaired) electrons. The molecule has 2 aromatic rings. The number of aryl methyl sites for hydroxylation is 1. The molecule has 3 rings (SSSR count). The van der Waals surface area contributed by atoms with E-state index in [0.717, 1.165) is 26.1 Å². The minimum atomic E-state index is -0.228. The Kier molecular flexibility index (Phi) is 6.01. The van der Waals surface area contributed by atoms with Gasteiger partial charge in [-0.3, -0.25) is 4.90 Å². The number of piperidine rings is 1. The second-order valence-electron chi connectivity index (χ2n) is 6.18. The van der Waals surface area contributed by atoms with Crippen LogP contribution in [0.1, 0.15) is 29.0 Å². The molecule has 1 aliphatic heterocycles. The van der Waals surface area contributed by atoms with Gasteiger partial charge in [0.25, 0.3) is 0 Å². The Hall–Kier alpha value is -1.35. The summed E-state index contributed by atoms with van der Waals surface area (Å²) in [6, 6.07) is 19.3. The Morgan fingerprint density at radius 1 is 1.00 bits per heavy atom. The highest BCUT2D eigenvalue weighted by molar-refractivity contribution is 5.85. The summed E-state index contributed by atoms with van der Waals surface area (Å²) in [5.41, 5.74) is 3.95. The average molecular weight is 318 g/mol. The maximum absolute atomic E-state index is 10.2. The van der Waals surface area contributed by atoms with Crippen LogP contribution in [0.2, 0.25) is 0 Å². The second-order valence-corrected chi connectivity index (χ2v) is 6.18. The predicted octanol–water partition coefficient (Wildman–Crippen LogP) is 3.77. The van der Waals surface area contributed by atoms with Crippen molar-refractivity contribution in [2.75, 3.05) is 13.1 Å². The smallest absolute Gasteiger partial charge is 0.0673 e. The molecule has 0 amide bonds. The van der Waals surface area contributed by atoms with E-state index < -0.39 is 0 Å². The third-order valence-corrected chi connectivity index (χ3v) is 4.30. The highest BCUT2D eigenvalue weighted by atomic mass is 35.5. The van der Waals surface area contributed by atoms with Crippen molar-refractivity contribution in [3.05, 3.63) is 71.3 Å². The van der Waals surface area contributed by atoms with Crippen molar-refractivity contribution in [3.63, 3.8) is 0 Å². The van der Waals surface area contributed by atoms with Gasteiger partial charge in [-0.2, -0.15) is 0 Å². The third-order valence-electron chi connectivity index (χ3n) is 4.30. The molecule has 1 heterocycles. The molecule has 0 saturated carbocycles. The van der Waals surface area contributed by atoms with Crippen LogP contribution < -0.4 is 0 Å². The highest BCUT2D eigenvalue weighted by Gasteiger charge is 2.26. The van der Waals surface area contributed by atoms with Gasteiger partial charge in [-0.1, -0.05) is 60.2 Å². The van der Waals surface area contributed by atoms with Gasteiger partial charge in [0, 0.05) is 19.6 Å². The van der Waals surface area contributed by atoms with Crippen molar-refractivity contribution in [3.8, 4) is 0 Å². The van der Waals surface area contributed by atoms with Crippen molar-refractivity contribution in [1.82, 2.24) is 4.90 Å². The first kappa shape index (κ1) is 17.0. The molecule has 2 atom stereocenters. The average Bonchev–Trinajstić information content (AvgIpc) is 2.48. The molecule has 2 nitrogen and oxygen atoms in total. The van der Waals surface area contributed by atoms with Gasteiger partial charge >= 0.3 is 0 Å². The van der Waals surface area contributed by atoms with Crippen molar-refractivity contribution in [2.24, 2.45) is 0 Å².